The van der Waals surface area contributed by atoms with Gasteiger partial charge in [-0.1, -0.05) is 26.6 Å². The van der Waals surface area contributed by atoms with Crippen molar-refractivity contribution in [1.29, 1.82) is 0 Å². The van der Waals surface area contributed by atoms with Gasteiger partial charge in [-0.05, 0) is 19.4 Å². The highest BCUT2D eigenvalue weighted by molar-refractivity contribution is 8.76. The van der Waals surface area contributed by atoms with Gasteiger partial charge >= 0.3 is 0 Å². The minimum atomic E-state index is 0.776. The second kappa shape index (κ2) is 7.52. The maximum Gasteiger partial charge on any atom is 0.00210 e. The van der Waals surface area contributed by atoms with Crippen LogP contribution in [0.5, 0.6) is 0 Å². The monoisotopic (exact) mass is 173 g/mol. The second-order valence-corrected chi connectivity index (χ2v) is 4.89. The molecule has 0 aliphatic rings. The van der Waals surface area contributed by atoms with Crippen LogP contribution in [0.25, 0.3) is 0 Å². The largest absolute Gasteiger partial charge is 0.232 e. The third-order valence-electron chi connectivity index (χ3n) is 0.277. The maximum absolute atomic E-state index is 3.12. The van der Waals surface area contributed by atoms with Gasteiger partial charge in [0.25, 0.3) is 0 Å². The Morgan fingerprint density at radius 2 is 2.57 bits per heavy atom. The third kappa shape index (κ3) is 7.52. The van der Waals surface area contributed by atoms with Crippen molar-refractivity contribution in [3.05, 3.63) is 0 Å². The molecule has 1 nitrogen and oxygen atoms in total. The Balaban J connectivity index is 2.45. The molecule has 0 aromatic heterocycles. The first-order chi connectivity index (χ1) is 3.41. The second-order valence-electron chi connectivity index (χ2n) is 0.736. The van der Waals surface area contributed by atoms with E-state index < -0.39 is 0 Å². The van der Waals surface area contributed by atoms with Crippen molar-refractivity contribution in [2.75, 3.05) is 5.75 Å². The van der Waals surface area contributed by atoms with E-state index in [0.29, 0.717) is 0 Å². The van der Waals surface area contributed by atoms with Crippen LogP contribution in [0.1, 0.15) is 6.92 Å². The van der Waals surface area contributed by atoms with Crippen LogP contribution in [0.3, 0.4) is 0 Å². The molecule has 7 heavy (non-hydrogen) atoms. The van der Waals surface area contributed by atoms with Gasteiger partial charge in [0.2, 0.25) is 0 Å². The van der Waals surface area contributed by atoms with Gasteiger partial charge in [-0.25, -0.2) is 4.49 Å². The minimum Gasteiger partial charge on any atom is -0.232 e. The molecule has 0 saturated carbocycles. The molecule has 0 fully saturated rings. The molecule has 1 N–H and O–H groups in total. The maximum atomic E-state index is 3.12. The average molecular weight is 173 g/mol. The summed E-state index contributed by atoms with van der Waals surface area (Å²) in [6.07, 6.45) is 0. The normalized spacial score (nSPS) is 11.1. The summed E-state index contributed by atoms with van der Waals surface area (Å²) in [5.41, 5.74) is 0. The lowest BCUT2D eigenvalue weighted by atomic mass is 11.0. The van der Waals surface area contributed by atoms with Gasteiger partial charge in [0.1, 0.15) is 0 Å². The third-order valence-corrected chi connectivity index (χ3v) is 4.31. The van der Waals surface area contributed by atoms with Crippen molar-refractivity contribution in [1.82, 2.24) is 4.49 Å². The zero-order valence-corrected chi connectivity index (χ0v) is 7.89. The van der Waals surface area contributed by atoms with Crippen LogP contribution in [-0.4, -0.2) is 5.75 Å². The van der Waals surface area contributed by atoms with Crippen molar-refractivity contribution in [2.24, 2.45) is 0 Å². The van der Waals surface area contributed by atoms with Crippen molar-refractivity contribution in [3.63, 3.8) is 0 Å². The molecule has 2 unspecified atom stereocenters. The Bertz CT molecular complexity index is 32.9. The van der Waals surface area contributed by atoms with Gasteiger partial charge in [-0.15, -0.1) is 0 Å². The molecule has 0 heterocycles. The van der Waals surface area contributed by atoms with Crippen LogP contribution < -0.4 is 4.49 Å². The number of hydrogen-bond acceptors (Lipinski definition) is 3. The van der Waals surface area contributed by atoms with E-state index in [1.54, 1.807) is 11.0 Å². The molecule has 0 aliphatic heterocycles. The van der Waals surface area contributed by atoms with E-state index >= 15 is 0 Å². The first-order valence-corrected chi connectivity index (χ1v) is 7.03. The quantitative estimate of drug-likeness (QED) is 0.303. The van der Waals surface area contributed by atoms with Crippen molar-refractivity contribution in [3.8, 4) is 0 Å². The average Bonchev–Trinajstić information content (AvgIpc) is 1.69. The van der Waals surface area contributed by atoms with E-state index in [2.05, 4.69) is 20.3 Å². The van der Waals surface area contributed by atoms with Crippen LogP contribution in [0, 0.1) is 0 Å². The van der Waals surface area contributed by atoms with Gasteiger partial charge in [-0.2, -0.15) is 0 Å². The molecule has 44 valence electrons. The SMILES string of the molecule is CCSSNPP. The first kappa shape index (κ1) is 8.52. The van der Waals surface area contributed by atoms with Gasteiger partial charge in [0.15, 0.2) is 0 Å². The molecular weight excluding hydrogens is 164 g/mol. The molecule has 0 saturated heterocycles. The van der Waals surface area contributed by atoms with E-state index in [9.17, 15) is 0 Å². The van der Waals surface area contributed by atoms with Gasteiger partial charge in [0.05, 0.1) is 0 Å². The van der Waals surface area contributed by atoms with Crippen LogP contribution in [-0.2, 0) is 0 Å². The molecule has 0 aromatic rings. The lowest BCUT2D eigenvalue weighted by Gasteiger charge is -1.93. The molecule has 0 aliphatic carbocycles. The minimum absolute atomic E-state index is 0.776. The highest BCUT2D eigenvalue weighted by atomic mass is 33.1. The Morgan fingerprint density at radius 1 is 1.86 bits per heavy atom. The number of rotatable bonds is 4. The van der Waals surface area contributed by atoms with Crippen molar-refractivity contribution < 1.29 is 0 Å². The van der Waals surface area contributed by atoms with Gasteiger partial charge in [-0.3, -0.25) is 0 Å². The molecule has 2 atom stereocenters. The molecule has 0 rings (SSSR count). The van der Waals surface area contributed by atoms with E-state index in [1.807, 2.05) is 10.8 Å². The Labute approximate surface area is 56.6 Å². The summed E-state index contributed by atoms with van der Waals surface area (Å²) in [4.78, 5) is 0. The molecule has 0 spiro atoms. The fourth-order valence-electron chi connectivity index (χ4n) is 0.112. The summed E-state index contributed by atoms with van der Waals surface area (Å²) >= 11 is 0. The summed E-state index contributed by atoms with van der Waals surface area (Å²) in [6.45, 7) is 2.14. The fourth-order valence-corrected chi connectivity index (χ4v) is 3.27. The summed E-state index contributed by atoms with van der Waals surface area (Å²) in [5, 5.41) is 0. The molecule has 5 heteroatoms. The van der Waals surface area contributed by atoms with Crippen LogP contribution in [0.2, 0.25) is 0 Å². The number of hydrogen-bond donors (Lipinski definition) is 1. The zero-order chi connectivity index (χ0) is 5.54. The predicted octanol–water partition coefficient (Wildman–Crippen LogP) is 2.28. The summed E-state index contributed by atoms with van der Waals surface area (Å²) in [7, 11) is 6.95. The Kier molecular flexibility index (Phi) is 9.15. The molecule has 0 aromatic carbocycles. The molecular formula is C2H9NP2S2. The molecule has 0 radical (unpaired) electrons. The number of nitrogens with one attached hydrogen (secondary N) is 1. The summed E-state index contributed by atoms with van der Waals surface area (Å²) < 4.78 is 3.12. The highest BCUT2D eigenvalue weighted by Crippen LogP contribution is 2.25. The first-order valence-electron chi connectivity index (χ1n) is 1.91. The van der Waals surface area contributed by atoms with Gasteiger partial charge < -0.3 is 0 Å². The fraction of sp³-hybridized carbons (Fsp3) is 1.00. The van der Waals surface area contributed by atoms with E-state index in [0.717, 1.165) is 8.42 Å². The lowest BCUT2D eigenvalue weighted by Crippen LogP contribution is -1.75. The lowest BCUT2D eigenvalue weighted by molar-refractivity contribution is 1.54. The topological polar surface area (TPSA) is 12.0 Å². The molecule has 0 amide bonds. The smallest absolute Gasteiger partial charge is 0.00210 e. The van der Waals surface area contributed by atoms with Crippen molar-refractivity contribution in [2.45, 2.75) is 6.92 Å². The zero-order valence-electron chi connectivity index (χ0n) is 4.10. The van der Waals surface area contributed by atoms with E-state index in [-0.39, 0.29) is 0 Å². The highest BCUT2D eigenvalue weighted by Gasteiger charge is 1.78. The van der Waals surface area contributed by atoms with Crippen molar-refractivity contribution >= 4 is 39.1 Å². The standard InChI is InChI=1S/C2H9NP2S2/c1-2-6-7-3-5-4/h3,5H,2,4H2,1H3. The van der Waals surface area contributed by atoms with Gasteiger partial charge in [0, 0.05) is 5.75 Å². The van der Waals surface area contributed by atoms with E-state index in [4.69, 9.17) is 0 Å². The Hall–Kier alpha value is 1.52. The van der Waals surface area contributed by atoms with Crippen LogP contribution >= 0.6 is 39.1 Å². The van der Waals surface area contributed by atoms with Crippen LogP contribution in [0.15, 0.2) is 0 Å². The predicted molar refractivity (Wildman–Crippen MR) is 46.9 cm³/mol. The molecule has 0 bridgehead atoms. The van der Waals surface area contributed by atoms with Crippen LogP contribution in [0.4, 0.5) is 0 Å². The van der Waals surface area contributed by atoms with E-state index in [1.165, 1.54) is 5.75 Å². The summed E-state index contributed by atoms with van der Waals surface area (Å²) in [5.74, 6) is 1.17. The summed E-state index contributed by atoms with van der Waals surface area (Å²) in [6, 6.07) is 0. The Morgan fingerprint density at radius 3 is 3.00 bits per heavy atom.